The first-order valence-electron chi connectivity index (χ1n) is 18.2. The van der Waals surface area contributed by atoms with Gasteiger partial charge in [0.05, 0.1) is 54.5 Å². The van der Waals surface area contributed by atoms with Crippen molar-refractivity contribution in [1.82, 2.24) is 10.8 Å². The molecule has 0 bridgehead atoms. The van der Waals surface area contributed by atoms with Gasteiger partial charge < -0.3 is 68.4 Å². The fourth-order valence-corrected chi connectivity index (χ4v) is 9.08. The van der Waals surface area contributed by atoms with Crippen LogP contribution in [0, 0.1) is 3.57 Å². The third kappa shape index (κ3) is 10.4. The molecule has 1 aromatic carbocycles. The van der Waals surface area contributed by atoms with Gasteiger partial charge in [0.25, 0.3) is 0 Å². The molecule has 1 aromatic rings. The number of rotatable bonds is 14. The molecule has 0 unspecified atom stereocenters. The summed E-state index contributed by atoms with van der Waals surface area (Å²) in [5.41, 5.74) is 3.27. The average Bonchev–Trinajstić information content (AvgIpc) is 3.13. The van der Waals surface area contributed by atoms with E-state index in [-0.39, 0.29) is 23.7 Å². The Morgan fingerprint density at radius 2 is 1.63 bits per heavy atom. The van der Waals surface area contributed by atoms with E-state index >= 15 is 0 Å². The zero-order valence-electron chi connectivity index (χ0n) is 31.4. The molecule has 308 valence electrons. The highest BCUT2D eigenvalue weighted by Crippen LogP contribution is 2.35. The largest absolute Gasteiger partial charge is 0.462 e. The van der Waals surface area contributed by atoms with E-state index in [1.165, 1.54) is 14.2 Å². The molecule has 0 amide bonds. The van der Waals surface area contributed by atoms with Crippen LogP contribution in [0.2, 0.25) is 0 Å². The maximum absolute atomic E-state index is 13.4. The topological polar surface area (TPSA) is 214 Å². The highest BCUT2D eigenvalue weighted by molar-refractivity contribution is 14.1. The summed E-state index contributed by atoms with van der Waals surface area (Å²) in [5.74, 6) is 0.351. The Labute approximate surface area is 333 Å². The van der Waals surface area contributed by atoms with E-state index < -0.39 is 91.4 Å². The van der Waals surface area contributed by atoms with Crippen molar-refractivity contribution in [2.45, 2.75) is 144 Å². The van der Waals surface area contributed by atoms with E-state index in [0.717, 1.165) is 18.3 Å². The quantitative estimate of drug-likeness (QED) is 0.112. The van der Waals surface area contributed by atoms with Gasteiger partial charge in [-0.05, 0) is 68.1 Å². The Morgan fingerprint density at radius 3 is 2.28 bits per heavy atom. The van der Waals surface area contributed by atoms with Crippen LogP contribution in [-0.2, 0) is 42.7 Å². The zero-order valence-corrected chi connectivity index (χ0v) is 34.4. The number of aliphatic hydroxyl groups is 4. The molecule has 6 N–H and O–H groups in total. The minimum absolute atomic E-state index is 0.0129. The molecule has 4 saturated heterocycles. The summed E-state index contributed by atoms with van der Waals surface area (Å²) in [6.07, 6.45) is -11.2. The average molecular weight is 903 g/mol. The maximum atomic E-state index is 13.4. The van der Waals surface area contributed by atoms with E-state index in [9.17, 15) is 25.2 Å². The van der Waals surface area contributed by atoms with Crippen LogP contribution in [0.3, 0.4) is 0 Å². The molecule has 5 rings (SSSR count). The smallest absolute Gasteiger partial charge is 0.229 e. The minimum Gasteiger partial charge on any atom is -0.462 e. The van der Waals surface area contributed by atoms with E-state index in [0.29, 0.717) is 27.9 Å². The van der Waals surface area contributed by atoms with Gasteiger partial charge >= 0.3 is 0 Å². The third-order valence-corrected chi connectivity index (χ3v) is 12.5. The number of hydroxylamine groups is 1. The van der Waals surface area contributed by atoms with Crippen molar-refractivity contribution in [2.24, 2.45) is 0 Å². The zero-order chi connectivity index (χ0) is 39.3. The molecule has 54 heavy (non-hydrogen) atoms. The molecule has 19 heteroatoms. The molecule has 0 saturated carbocycles. The van der Waals surface area contributed by atoms with Crippen molar-refractivity contribution >= 4 is 39.5 Å². The number of benzene rings is 1. The van der Waals surface area contributed by atoms with Gasteiger partial charge in [0.15, 0.2) is 18.9 Å². The van der Waals surface area contributed by atoms with Gasteiger partial charge in [-0.25, -0.2) is 0 Å². The Bertz CT molecular complexity index is 1350. The van der Waals surface area contributed by atoms with Gasteiger partial charge in [-0.1, -0.05) is 18.7 Å². The second-order valence-corrected chi connectivity index (χ2v) is 16.1. The normalized spacial score (nSPS) is 41.7. The number of carbonyl (C=O) groups excluding carboxylic acids is 1. The Balaban J connectivity index is 1.13. The number of nitrogens with one attached hydrogen (secondary N) is 2. The molecule has 4 aliphatic heterocycles. The maximum Gasteiger partial charge on any atom is 0.229 e. The van der Waals surface area contributed by atoms with Crippen molar-refractivity contribution < 1.29 is 72.7 Å². The molecule has 4 aliphatic rings. The Kier molecular flexibility index (Phi) is 16.6. The van der Waals surface area contributed by atoms with Crippen LogP contribution in [-0.4, -0.2) is 164 Å². The standard InChI is InChI=1S/C35H55IN2O15S/c1-8-37-21-14-47-24(13-23(21)44-5)52-31-28(41)26(15(2)49-35(31)46-7)38-53-25-12-22(39)32(17(4)48-25)54-33(43)19-10-9-18(11-20(19)36)51-34-29(42)30(45-6)27(40)16(3)50-34/h9-11,15-17,21-32,34-35,37-42H,8,12-14H2,1-7H3/t15-,16+,17-,21+,22+,23+,24+,25+,26-,27+,28+,29-,30-,31-,32-,34+,35-/m1/s1. The van der Waals surface area contributed by atoms with Gasteiger partial charge in [-0.3, -0.25) is 9.63 Å². The fraction of sp³-hybridized carbons (Fsp3) is 0.800. The summed E-state index contributed by atoms with van der Waals surface area (Å²) in [6.45, 7) is 8.31. The number of hydrogen-bond donors (Lipinski definition) is 6. The van der Waals surface area contributed by atoms with Gasteiger partial charge in [0.2, 0.25) is 11.4 Å². The monoisotopic (exact) mass is 902 g/mol. The van der Waals surface area contributed by atoms with E-state index in [1.807, 2.05) is 29.5 Å². The summed E-state index contributed by atoms with van der Waals surface area (Å²) in [5, 5.41) is 45.9. The number of carbonyl (C=O) groups is 1. The Morgan fingerprint density at radius 1 is 0.889 bits per heavy atom. The molecule has 17 atom stereocenters. The summed E-state index contributed by atoms with van der Waals surface area (Å²) >= 11 is 2.99. The van der Waals surface area contributed by atoms with Gasteiger partial charge in [-0.2, -0.15) is 5.48 Å². The molecule has 0 aromatic heterocycles. The molecule has 0 spiro atoms. The fourth-order valence-electron chi connectivity index (χ4n) is 7.09. The molecule has 0 aliphatic carbocycles. The molecule has 4 fully saturated rings. The molecular weight excluding hydrogens is 847 g/mol. The predicted molar refractivity (Wildman–Crippen MR) is 200 cm³/mol. The number of thioether (sulfide) groups is 1. The van der Waals surface area contributed by atoms with Crippen LogP contribution in [0.15, 0.2) is 18.2 Å². The van der Waals surface area contributed by atoms with Gasteiger partial charge in [0, 0.05) is 43.3 Å². The number of halogens is 1. The first-order valence-corrected chi connectivity index (χ1v) is 20.1. The number of ether oxygens (including phenoxy) is 9. The number of methoxy groups -OCH3 is 3. The van der Waals surface area contributed by atoms with Crippen molar-refractivity contribution in [1.29, 1.82) is 0 Å². The highest BCUT2D eigenvalue weighted by atomic mass is 127. The van der Waals surface area contributed by atoms with Crippen LogP contribution in [0.1, 0.15) is 50.9 Å². The lowest BCUT2D eigenvalue weighted by molar-refractivity contribution is -0.330. The second kappa shape index (κ2) is 20.2. The van der Waals surface area contributed by atoms with Gasteiger partial charge in [0.1, 0.15) is 36.3 Å². The molecule has 0 radical (unpaired) electrons. The lowest BCUT2D eigenvalue weighted by atomic mass is 9.97. The number of likely N-dealkylation sites (N-methyl/N-ethyl adjacent to an activating group) is 1. The number of hydrogen-bond acceptors (Lipinski definition) is 18. The first kappa shape index (κ1) is 44.3. The van der Waals surface area contributed by atoms with Crippen molar-refractivity contribution in [3.05, 3.63) is 27.3 Å². The van der Waals surface area contributed by atoms with E-state index in [1.54, 1.807) is 46.1 Å². The van der Waals surface area contributed by atoms with Crippen LogP contribution in [0.4, 0.5) is 0 Å². The lowest BCUT2D eigenvalue weighted by Crippen LogP contribution is -2.64. The van der Waals surface area contributed by atoms with Crippen LogP contribution in [0.25, 0.3) is 0 Å². The third-order valence-electron chi connectivity index (χ3n) is 10.2. The van der Waals surface area contributed by atoms with E-state index in [4.69, 9.17) is 47.5 Å². The lowest BCUT2D eigenvalue weighted by Gasteiger charge is -2.45. The van der Waals surface area contributed by atoms with Crippen LogP contribution >= 0.6 is 34.4 Å². The molecule has 17 nitrogen and oxygen atoms in total. The summed E-state index contributed by atoms with van der Waals surface area (Å²) in [4.78, 5) is 19.3. The van der Waals surface area contributed by atoms with Crippen LogP contribution in [0.5, 0.6) is 5.75 Å². The second-order valence-electron chi connectivity index (χ2n) is 13.8. The summed E-state index contributed by atoms with van der Waals surface area (Å²) in [6, 6.07) is 4.08. The van der Waals surface area contributed by atoms with Crippen molar-refractivity contribution in [3.8, 4) is 5.75 Å². The minimum atomic E-state index is -1.24. The van der Waals surface area contributed by atoms with Crippen molar-refractivity contribution in [2.75, 3.05) is 34.5 Å². The van der Waals surface area contributed by atoms with Crippen molar-refractivity contribution in [3.63, 3.8) is 0 Å². The highest BCUT2D eigenvalue weighted by Gasteiger charge is 2.48. The number of aliphatic hydroxyl groups excluding tert-OH is 4. The molecule has 4 heterocycles. The van der Waals surface area contributed by atoms with Crippen LogP contribution < -0.4 is 15.5 Å². The van der Waals surface area contributed by atoms with E-state index in [2.05, 4.69) is 10.8 Å². The predicted octanol–water partition coefficient (Wildman–Crippen LogP) is 0.656. The first-order chi connectivity index (χ1) is 25.8. The molecular formula is C35H55IN2O15S. The summed E-state index contributed by atoms with van der Waals surface area (Å²) < 4.78 is 52.7. The van der Waals surface area contributed by atoms with Gasteiger partial charge in [-0.15, -0.1) is 0 Å². The SMILES string of the molecule is CCN[C@H]1CO[C@@H](O[C@H]2[C@H](OC)O[C@H](C)[C@@H](NO[C@H]3C[C@H](O)[C@H](SC(=O)c4ccc(O[C@@H]5O[C@@H](C)[C@H](O)[C@@H](OC)[C@H]5O)cc4I)[C@@H](C)O3)[C@@H]2O)C[C@@H]1OC. The summed E-state index contributed by atoms with van der Waals surface area (Å²) in [7, 11) is 4.50. The Hall–Kier alpha value is -0.830.